The lowest BCUT2D eigenvalue weighted by atomic mass is 10.4. The first-order valence-electron chi connectivity index (χ1n) is 6.25. The summed E-state index contributed by atoms with van der Waals surface area (Å²) >= 11 is 6.55. The van der Waals surface area contributed by atoms with Crippen LogP contribution < -0.4 is 10.1 Å². The van der Waals surface area contributed by atoms with Gasteiger partial charge in [-0.15, -0.1) is 11.3 Å². The summed E-state index contributed by atoms with van der Waals surface area (Å²) in [5, 5.41) is 11.6. The molecular weight excluding hydrogens is 296 g/mol. The average molecular weight is 310 g/mol. The second-order valence-electron chi connectivity index (χ2n) is 4.58. The molecule has 0 unspecified atom stereocenters. The number of hydrogen-bond acceptors (Lipinski definition) is 5. The van der Waals surface area contributed by atoms with Crippen molar-refractivity contribution in [1.82, 2.24) is 20.1 Å². The van der Waals surface area contributed by atoms with Crippen LogP contribution in [-0.4, -0.2) is 27.8 Å². The molecule has 0 spiro atoms. The van der Waals surface area contributed by atoms with E-state index in [1.165, 1.54) is 11.3 Å². The lowest BCUT2D eigenvalue weighted by molar-refractivity contribution is 0.0953. The van der Waals surface area contributed by atoms with Gasteiger partial charge >= 0.3 is 0 Å². The second-order valence-corrected chi connectivity index (χ2v) is 5.88. The molecule has 1 saturated carbocycles. The van der Waals surface area contributed by atoms with E-state index in [1.807, 2.05) is 4.57 Å². The fourth-order valence-corrected chi connectivity index (χ4v) is 3.03. The van der Waals surface area contributed by atoms with Crippen LogP contribution in [0.25, 0.3) is 0 Å². The maximum absolute atomic E-state index is 12.0. The molecule has 1 amide bonds. The van der Waals surface area contributed by atoms with Gasteiger partial charge in [0.05, 0.1) is 18.5 Å². The fraction of sp³-hybridized carbons (Fsp3) is 0.417. The van der Waals surface area contributed by atoms with Crippen LogP contribution in [0.1, 0.15) is 34.4 Å². The minimum absolute atomic E-state index is 0.130. The molecule has 3 rings (SSSR count). The van der Waals surface area contributed by atoms with E-state index in [9.17, 15) is 4.79 Å². The van der Waals surface area contributed by atoms with Crippen LogP contribution in [0.4, 0.5) is 0 Å². The molecule has 6 nitrogen and oxygen atoms in total. The maximum atomic E-state index is 12.0. The Balaban J connectivity index is 1.67. The first-order chi connectivity index (χ1) is 9.69. The van der Waals surface area contributed by atoms with Gasteiger partial charge in [-0.2, -0.15) is 5.10 Å². The Morgan fingerprint density at radius 1 is 1.70 bits per heavy atom. The van der Waals surface area contributed by atoms with E-state index < -0.39 is 0 Å². The predicted molar refractivity (Wildman–Crippen MR) is 77.7 cm³/mol. The minimum atomic E-state index is -0.130. The number of methoxy groups -OCH3 is 1. The Labute approximate surface area is 124 Å². The van der Waals surface area contributed by atoms with Crippen molar-refractivity contribution in [3.63, 3.8) is 0 Å². The highest BCUT2D eigenvalue weighted by Crippen LogP contribution is 2.35. The molecule has 1 aliphatic carbocycles. The number of aromatic nitrogens is 3. The molecule has 0 radical (unpaired) electrons. The highest BCUT2D eigenvalue weighted by molar-refractivity contribution is 7.71. The highest BCUT2D eigenvalue weighted by atomic mass is 32.1. The van der Waals surface area contributed by atoms with Crippen molar-refractivity contribution in [3.8, 4) is 5.75 Å². The van der Waals surface area contributed by atoms with E-state index in [0.717, 1.165) is 18.7 Å². The van der Waals surface area contributed by atoms with Crippen molar-refractivity contribution < 1.29 is 9.53 Å². The monoisotopic (exact) mass is 310 g/mol. The van der Waals surface area contributed by atoms with Gasteiger partial charge in [0.15, 0.2) is 10.6 Å². The lowest BCUT2D eigenvalue weighted by Gasteiger charge is -2.05. The van der Waals surface area contributed by atoms with Crippen molar-refractivity contribution in [2.24, 2.45) is 0 Å². The van der Waals surface area contributed by atoms with Gasteiger partial charge in [-0.3, -0.25) is 14.5 Å². The first-order valence-corrected chi connectivity index (χ1v) is 7.54. The molecule has 1 aliphatic rings. The van der Waals surface area contributed by atoms with Gasteiger partial charge in [0.1, 0.15) is 5.75 Å². The zero-order valence-electron chi connectivity index (χ0n) is 10.9. The van der Waals surface area contributed by atoms with Gasteiger partial charge in [0, 0.05) is 17.5 Å². The van der Waals surface area contributed by atoms with E-state index in [0.29, 0.717) is 28.0 Å². The number of nitrogens with zero attached hydrogens (tertiary/aromatic N) is 2. The zero-order valence-corrected chi connectivity index (χ0v) is 12.5. The van der Waals surface area contributed by atoms with Crippen molar-refractivity contribution in [1.29, 1.82) is 0 Å². The minimum Gasteiger partial charge on any atom is -0.496 e. The number of carbonyl (C=O) groups is 1. The van der Waals surface area contributed by atoms with Gasteiger partial charge in [-0.25, -0.2) is 0 Å². The maximum Gasteiger partial charge on any atom is 0.261 e. The Kier molecular flexibility index (Phi) is 3.58. The number of ether oxygens (including phenoxy) is 1. The highest BCUT2D eigenvalue weighted by Gasteiger charge is 2.27. The predicted octanol–water partition coefficient (Wildman–Crippen LogP) is 2.28. The Bertz CT molecular complexity index is 684. The summed E-state index contributed by atoms with van der Waals surface area (Å²) in [6.45, 7) is 0.364. The smallest absolute Gasteiger partial charge is 0.261 e. The van der Waals surface area contributed by atoms with Crippen LogP contribution in [0.3, 0.4) is 0 Å². The average Bonchev–Trinajstić information content (AvgIpc) is 3.04. The van der Waals surface area contributed by atoms with E-state index in [2.05, 4.69) is 15.5 Å². The Morgan fingerprint density at radius 2 is 2.50 bits per heavy atom. The number of thiophene rings is 1. The fourth-order valence-electron chi connectivity index (χ4n) is 1.96. The summed E-state index contributed by atoms with van der Waals surface area (Å²) in [6.07, 6.45) is 2.24. The zero-order chi connectivity index (χ0) is 14.1. The molecule has 106 valence electrons. The van der Waals surface area contributed by atoms with Crippen LogP contribution in [0, 0.1) is 4.77 Å². The number of amides is 1. The summed E-state index contributed by atoms with van der Waals surface area (Å²) in [4.78, 5) is 12.6. The summed E-state index contributed by atoms with van der Waals surface area (Å²) in [5.74, 6) is 1.34. The first kappa shape index (κ1) is 13.3. The molecule has 2 N–H and O–H groups in total. The molecule has 1 fully saturated rings. The van der Waals surface area contributed by atoms with E-state index in [1.54, 1.807) is 18.6 Å². The summed E-state index contributed by atoms with van der Waals surface area (Å²) < 4.78 is 7.68. The normalized spacial score (nSPS) is 14.2. The summed E-state index contributed by atoms with van der Waals surface area (Å²) in [7, 11) is 1.58. The van der Waals surface area contributed by atoms with E-state index in [4.69, 9.17) is 17.0 Å². The summed E-state index contributed by atoms with van der Waals surface area (Å²) in [6, 6.07) is 2.16. The standard InChI is InChI=1S/C12H14N4O2S2/c1-18-8-4-9(20-6-8)11(17)13-5-10-14-15-12(19)16(10)7-2-3-7/h4,6-7H,2-3,5H2,1H3,(H,13,17)(H,15,19). The van der Waals surface area contributed by atoms with Crippen molar-refractivity contribution in [3.05, 3.63) is 26.9 Å². The quantitative estimate of drug-likeness (QED) is 0.831. The van der Waals surface area contributed by atoms with Crippen LogP contribution in [-0.2, 0) is 6.54 Å². The van der Waals surface area contributed by atoms with Crippen LogP contribution in [0.5, 0.6) is 5.75 Å². The molecule has 2 heterocycles. The number of nitrogens with one attached hydrogen (secondary N) is 2. The van der Waals surface area contributed by atoms with E-state index >= 15 is 0 Å². The van der Waals surface area contributed by atoms with Gasteiger partial charge in [0.2, 0.25) is 0 Å². The van der Waals surface area contributed by atoms with Crippen molar-refractivity contribution >= 4 is 29.5 Å². The van der Waals surface area contributed by atoms with Gasteiger partial charge in [-0.05, 0) is 25.1 Å². The molecule has 0 aromatic carbocycles. The number of carbonyl (C=O) groups excluding carboxylic acids is 1. The molecule has 20 heavy (non-hydrogen) atoms. The molecule has 2 aromatic rings. The summed E-state index contributed by atoms with van der Waals surface area (Å²) in [5.41, 5.74) is 0. The third kappa shape index (κ3) is 2.61. The van der Waals surface area contributed by atoms with E-state index in [-0.39, 0.29) is 5.91 Å². The Morgan fingerprint density at radius 3 is 3.15 bits per heavy atom. The van der Waals surface area contributed by atoms with Crippen LogP contribution in [0.2, 0.25) is 0 Å². The number of rotatable bonds is 5. The van der Waals surface area contributed by atoms with Gasteiger partial charge in [0.25, 0.3) is 5.91 Å². The molecule has 0 saturated heterocycles. The van der Waals surface area contributed by atoms with Crippen molar-refractivity contribution in [2.75, 3.05) is 7.11 Å². The Hall–Kier alpha value is -1.67. The van der Waals surface area contributed by atoms with Gasteiger partial charge in [-0.1, -0.05) is 0 Å². The molecular formula is C12H14N4O2S2. The second kappa shape index (κ2) is 5.37. The third-order valence-corrected chi connectivity index (χ3v) is 4.33. The topological polar surface area (TPSA) is 71.9 Å². The number of aromatic amines is 1. The molecule has 0 bridgehead atoms. The molecule has 0 aliphatic heterocycles. The SMILES string of the molecule is COc1csc(C(=O)NCc2n[nH]c(=S)n2C2CC2)c1. The third-order valence-electron chi connectivity index (χ3n) is 3.13. The molecule has 0 atom stereocenters. The van der Waals surface area contributed by atoms with Crippen LogP contribution >= 0.6 is 23.6 Å². The lowest BCUT2D eigenvalue weighted by Crippen LogP contribution is -2.23. The van der Waals surface area contributed by atoms with Gasteiger partial charge < -0.3 is 10.1 Å². The van der Waals surface area contributed by atoms with Crippen LogP contribution in [0.15, 0.2) is 11.4 Å². The van der Waals surface area contributed by atoms with Crippen molar-refractivity contribution in [2.45, 2.75) is 25.4 Å². The largest absolute Gasteiger partial charge is 0.496 e. The number of hydrogen-bond donors (Lipinski definition) is 2. The molecule has 8 heteroatoms. The molecule has 2 aromatic heterocycles. The number of H-pyrrole nitrogens is 1.